The van der Waals surface area contributed by atoms with Gasteiger partial charge in [0.1, 0.15) is 5.82 Å². The largest absolute Gasteiger partial charge is 0.396 e. The lowest BCUT2D eigenvalue weighted by Crippen LogP contribution is -2.41. The minimum atomic E-state index is -0.349. The Bertz CT molecular complexity index is 581. The summed E-state index contributed by atoms with van der Waals surface area (Å²) in [7, 11) is 0. The first-order chi connectivity index (χ1) is 9.70. The number of halogens is 1. The van der Waals surface area contributed by atoms with Crippen LogP contribution < -0.4 is 4.57 Å². The Hall–Kier alpha value is -2.07. The molecule has 2 aromatic rings. The molecule has 0 unspecified atom stereocenters. The zero-order chi connectivity index (χ0) is 14.4. The van der Waals surface area contributed by atoms with E-state index >= 15 is 0 Å². The summed E-state index contributed by atoms with van der Waals surface area (Å²) in [4.78, 5) is 12.2. The van der Waals surface area contributed by atoms with Gasteiger partial charge in [0.25, 0.3) is 0 Å². The van der Waals surface area contributed by atoms with E-state index in [4.69, 9.17) is 5.11 Å². The lowest BCUT2D eigenvalue weighted by Gasteiger charge is -2.03. The van der Waals surface area contributed by atoms with E-state index in [1.807, 2.05) is 29.0 Å². The number of hydrogen-bond donors (Lipinski definition) is 1. The highest BCUT2D eigenvalue weighted by atomic mass is 19.1. The van der Waals surface area contributed by atoms with Gasteiger partial charge < -0.3 is 5.11 Å². The van der Waals surface area contributed by atoms with Crippen LogP contribution in [-0.2, 0) is 13.0 Å². The molecule has 0 aliphatic rings. The summed E-state index contributed by atoms with van der Waals surface area (Å²) >= 11 is 0. The minimum Gasteiger partial charge on any atom is -0.396 e. The fourth-order valence-electron chi connectivity index (χ4n) is 2.03. The molecule has 0 fully saturated rings. The fraction of sp³-hybridized carbons (Fsp3) is 0.250. The number of aliphatic hydroxyl groups excluding tert-OH is 1. The maximum Gasteiger partial charge on any atom is 0.227 e. The Labute approximate surface area is 117 Å². The van der Waals surface area contributed by atoms with Crippen LogP contribution in [0.25, 0.3) is 0 Å². The van der Waals surface area contributed by atoms with Crippen molar-refractivity contribution in [2.75, 3.05) is 6.61 Å². The Balaban J connectivity index is 2.13. The minimum absolute atomic E-state index is 0.0635. The number of hydrogen-bond acceptors (Lipinski definition) is 2. The van der Waals surface area contributed by atoms with Gasteiger partial charge in [0.05, 0.1) is 0 Å². The summed E-state index contributed by atoms with van der Waals surface area (Å²) in [6.45, 7) is 0.341. The fourth-order valence-corrected chi connectivity index (χ4v) is 2.03. The average Bonchev–Trinajstić information content (AvgIpc) is 2.47. The molecule has 0 bridgehead atoms. The van der Waals surface area contributed by atoms with E-state index in [9.17, 15) is 9.18 Å². The molecule has 0 atom stereocenters. The summed E-state index contributed by atoms with van der Waals surface area (Å²) in [5.74, 6) is -0.413. The van der Waals surface area contributed by atoms with Gasteiger partial charge in [-0.2, -0.15) is 4.57 Å². The monoisotopic (exact) mass is 274 g/mol. The first kappa shape index (κ1) is 14.3. The number of carbonyl (C=O) groups excluding carboxylic acids is 1. The third kappa shape index (κ3) is 3.71. The van der Waals surface area contributed by atoms with Gasteiger partial charge in [0, 0.05) is 30.7 Å². The smallest absolute Gasteiger partial charge is 0.227 e. The molecular weight excluding hydrogens is 257 g/mol. The number of rotatable bonds is 6. The van der Waals surface area contributed by atoms with E-state index < -0.39 is 0 Å². The van der Waals surface area contributed by atoms with E-state index in [0.29, 0.717) is 18.4 Å². The third-order valence-electron chi connectivity index (χ3n) is 3.11. The first-order valence-corrected chi connectivity index (χ1v) is 6.57. The summed E-state index contributed by atoms with van der Waals surface area (Å²) in [6, 6.07) is 11.3. The van der Waals surface area contributed by atoms with Crippen molar-refractivity contribution in [2.24, 2.45) is 0 Å². The topological polar surface area (TPSA) is 41.2 Å². The highest BCUT2D eigenvalue weighted by molar-refractivity contribution is 5.94. The average molecular weight is 274 g/mol. The number of aryl methyl sites for hydroxylation is 1. The molecule has 0 saturated heterocycles. The van der Waals surface area contributed by atoms with Crippen molar-refractivity contribution in [3.05, 3.63) is 65.7 Å². The molecule has 0 spiro atoms. The summed E-state index contributed by atoms with van der Waals surface area (Å²) in [5, 5.41) is 8.89. The van der Waals surface area contributed by atoms with Crippen LogP contribution in [0.2, 0.25) is 0 Å². The maximum absolute atomic E-state index is 12.8. The summed E-state index contributed by atoms with van der Waals surface area (Å²) < 4.78 is 14.7. The van der Waals surface area contributed by atoms with Crippen LogP contribution in [0.15, 0.2) is 48.7 Å². The number of aromatic nitrogens is 1. The van der Waals surface area contributed by atoms with Crippen LogP contribution in [0.5, 0.6) is 0 Å². The number of ketones is 1. The van der Waals surface area contributed by atoms with Crippen LogP contribution >= 0.6 is 0 Å². The predicted molar refractivity (Wildman–Crippen MR) is 72.8 cm³/mol. The molecule has 1 aromatic carbocycles. The molecule has 0 aliphatic carbocycles. The van der Waals surface area contributed by atoms with Crippen LogP contribution in [0.4, 0.5) is 4.39 Å². The predicted octanol–water partition coefficient (Wildman–Crippen LogP) is 1.92. The second kappa shape index (κ2) is 6.91. The number of pyridine rings is 1. The zero-order valence-corrected chi connectivity index (χ0v) is 11.1. The second-order valence-electron chi connectivity index (χ2n) is 4.58. The molecule has 0 amide bonds. The van der Waals surface area contributed by atoms with Gasteiger partial charge in [0.2, 0.25) is 12.3 Å². The Morgan fingerprint density at radius 3 is 2.60 bits per heavy atom. The standard InChI is InChI=1S/C16H17FNO2/c17-14-8-6-13(7-9-14)16(20)12-18-10-2-1-4-15(18)5-3-11-19/h1-2,4,6-10,19H,3,5,11-12H2/q+1. The van der Waals surface area contributed by atoms with Crippen molar-refractivity contribution in [1.82, 2.24) is 0 Å². The normalized spacial score (nSPS) is 10.5. The summed E-state index contributed by atoms with van der Waals surface area (Å²) in [6.07, 6.45) is 3.22. The lowest BCUT2D eigenvalue weighted by atomic mass is 10.1. The molecule has 0 aliphatic heterocycles. The van der Waals surface area contributed by atoms with Crippen LogP contribution in [0.3, 0.4) is 0 Å². The van der Waals surface area contributed by atoms with Gasteiger partial charge in [-0.05, 0) is 30.7 Å². The molecule has 0 radical (unpaired) electrons. The Morgan fingerprint density at radius 1 is 1.15 bits per heavy atom. The quantitative estimate of drug-likeness (QED) is 0.646. The zero-order valence-electron chi connectivity index (χ0n) is 11.1. The van der Waals surface area contributed by atoms with Gasteiger partial charge >= 0.3 is 0 Å². The molecule has 104 valence electrons. The summed E-state index contributed by atoms with van der Waals surface area (Å²) in [5.41, 5.74) is 1.49. The molecule has 1 aromatic heterocycles. The molecule has 4 heteroatoms. The SMILES string of the molecule is O=C(C[n+]1ccccc1CCCO)c1ccc(F)cc1. The van der Waals surface area contributed by atoms with Crippen molar-refractivity contribution in [3.8, 4) is 0 Å². The van der Waals surface area contributed by atoms with Gasteiger partial charge in [-0.3, -0.25) is 4.79 Å². The number of aliphatic hydroxyl groups is 1. The van der Waals surface area contributed by atoms with Crippen LogP contribution in [0.1, 0.15) is 22.5 Å². The Morgan fingerprint density at radius 2 is 1.90 bits per heavy atom. The number of Topliss-reactive ketones (excluding diaryl/α,β-unsaturated/α-hetero) is 1. The molecule has 20 heavy (non-hydrogen) atoms. The van der Waals surface area contributed by atoms with Gasteiger partial charge in [0.15, 0.2) is 11.9 Å². The lowest BCUT2D eigenvalue weighted by molar-refractivity contribution is -0.690. The first-order valence-electron chi connectivity index (χ1n) is 6.57. The molecule has 3 nitrogen and oxygen atoms in total. The van der Waals surface area contributed by atoms with Gasteiger partial charge in [-0.15, -0.1) is 0 Å². The van der Waals surface area contributed by atoms with Crippen molar-refractivity contribution in [3.63, 3.8) is 0 Å². The van der Waals surface area contributed by atoms with E-state index in [2.05, 4.69) is 0 Å². The Kier molecular flexibility index (Phi) is 4.96. The van der Waals surface area contributed by atoms with Crippen molar-refractivity contribution in [1.29, 1.82) is 0 Å². The van der Waals surface area contributed by atoms with Crippen molar-refractivity contribution >= 4 is 5.78 Å². The van der Waals surface area contributed by atoms with Crippen molar-refractivity contribution in [2.45, 2.75) is 19.4 Å². The highest BCUT2D eigenvalue weighted by Gasteiger charge is 2.15. The van der Waals surface area contributed by atoms with Crippen LogP contribution in [0, 0.1) is 5.82 Å². The van der Waals surface area contributed by atoms with Gasteiger partial charge in [-0.1, -0.05) is 6.07 Å². The van der Waals surface area contributed by atoms with Gasteiger partial charge in [-0.25, -0.2) is 4.39 Å². The molecule has 2 rings (SSSR count). The molecule has 1 heterocycles. The van der Waals surface area contributed by atoms with E-state index in [1.165, 1.54) is 24.3 Å². The second-order valence-corrected chi connectivity index (χ2v) is 4.58. The molecule has 1 N–H and O–H groups in total. The van der Waals surface area contributed by atoms with E-state index in [1.54, 1.807) is 0 Å². The molecular formula is C16H17FNO2+. The number of nitrogens with zero attached hydrogens (tertiary/aromatic N) is 1. The maximum atomic E-state index is 12.8. The van der Waals surface area contributed by atoms with Crippen molar-refractivity contribution < 1.29 is 18.9 Å². The number of carbonyl (C=O) groups is 1. The molecule has 0 saturated carbocycles. The third-order valence-corrected chi connectivity index (χ3v) is 3.11. The van der Waals surface area contributed by atoms with Crippen LogP contribution in [-0.4, -0.2) is 17.5 Å². The van der Waals surface area contributed by atoms with E-state index in [0.717, 1.165) is 5.69 Å². The number of benzene rings is 1. The highest BCUT2D eigenvalue weighted by Crippen LogP contribution is 2.04. The van der Waals surface area contributed by atoms with E-state index in [-0.39, 0.29) is 24.8 Å².